The molecule has 26 heavy (non-hydrogen) atoms. The highest BCUT2D eigenvalue weighted by molar-refractivity contribution is 6.30. The third kappa shape index (κ3) is 5.61. The molecule has 0 spiro atoms. The molecule has 6 nitrogen and oxygen atoms in total. The average Bonchev–Trinajstić information content (AvgIpc) is 3.03. The SMILES string of the molecule is CN(C)C(=O)C[NH+](C)CC(=O)N(C)Cc1ccc(-c2ccc(Cl)cc2)o1. The first-order valence-corrected chi connectivity index (χ1v) is 8.74. The van der Waals surface area contributed by atoms with Gasteiger partial charge in [-0.2, -0.15) is 0 Å². The fourth-order valence-electron chi connectivity index (χ4n) is 2.43. The summed E-state index contributed by atoms with van der Waals surface area (Å²) in [5.41, 5.74) is 0.931. The molecule has 0 fully saturated rings. The Labute approximate surface area is 158 Å². The molecule has 1 aromatic heterocycles. The van der Waals surface area contributed by atoms with Crippen LogP contribution in [0.5, 0.6) is 0 Å². The highest BCUT2D eigenvalue weighted by atomic mass is 35.5. The fraction of sp³-hybridized carbons (Fsp3) is 0.368. The van der Waals surface area contributed by atoms with E-state index in [1.54, 1.807) is 26.0 Å². The predicted octanol–water partition coefficient (Wildman–Crippen LogP) is 1.16. The zero-order valence-electron chi connectivity index (χ0n) is 15.6. The van der Waals surface area contributed by atoms with E-state index in [0.717, 1.165) is 16.2 Å². The van der Waals surface area contributed by atoms with E-state index < -0.39 is 0 Å². The molecule has 2 rings (SSSR count). The lowest BCUT2D eigenvalue weighted by atomic mass is 10.2. The first-order chi connectivity index (χ1) is 12.3. The van der Waals surface area contributed by atoms with E-state index in [1.807, 2.05) is 43.4 Å². The minimum Gasteiger partial charge on any atom is -0.459 e. The smallest absolute Gasteiger partial charge is 0.277 e. The molecule has 1 unspecified atom stereocenters. The number of rotatable bonds is 7. The molecule has 2 amide bonds. The highest BCUT2D eigenvalue weighted by Crippen LogP contribution is 2.24. The van der Waals surface area contributed by atoms with Crippen LogP contribution in [-0.2, 0) is 16.1 Å². The predicted molar refractivity (Wildman–Crippen MR) is 101 cm³/mol. The van der Waals surface area contributed by atoms with Gasteiger partial charge in [-0.05, 0) is 36.4 Å². The van der Waals surface area contributed by atoms with Crippen molar-refractivity contribution in [2.45, 2.75) is 6.54 Å². The van der Waals surface area contributed by atoms with Gasteiger partial charge in [0.1, 0.15) is 11.5 Å². The summed E-state index contributed by atoms with van der Waals surface area (Å²) in [5, 5.41) is 0.672. The molecule has 1 aromatic carbocycles. The monoisotopic (exact) mass is 378 g/mol. The maximum absolute atomic E-state index is 12.3. The second-order valence-corrected chi connectivity index (χ2v) is 7.06. The Morgan fingerprint density at radius 2 is 1.62 bits per heavy atom. The van der Waals surface area contributed by atoms with Gasteiger partial charge in [0.15, 0.2) is 13.1 Å². The fourth-order valence-corrected chi connectivity index (χ4v) is 2.55. The molecule has 0 aliphatic heterocycles. The van der Waals surface area contributed by atoms with Crippen LogP contribution in [0.1, 0.15) is 5.76 Å². The van der Waals surface area contributed by atoms with Crippen LogP contribution in [0.15, 0.2) is 40.8 Å². The van der Waals surface area contributed by atoms with Crippen molar-refractivity contribution in [2.75, 3.05) is 41.3 Å². The van der Waals surface area contributed by atoms with E-state index >= 15 is 0 Å². The summed E-state index contributed by atoms with van der Waals surface area (Å²) in [6.45, 7) is 0.913. The average molecular weight is 379 g/mol. The molecule has 140 valence electrons. The maximum Gasteiger partial charge on any atom is 0.277 e. The molecular weight excluding hydrogens is 354 g/mol. The Morgan fingerprint density at radius 1 is 1.00 bits per heavy atom. The molecule has 0 aliphatic carbocycles. The van der Waals surface area contributed by atoms with Gasteiger partial charge in [0.25, 0.3) is 11.8 Å². The number of likely N-dealkylation sites (N-methyl/N-ethyl adjacent to an activating group) is 3. The molecule has 0 bridgehead atoms. The first-order valence-electron chi connectivity index (χ1n) is 8.36. The third-order valence-electron chi connectivity index (χ3n) is 4.01. The van der Waals surface area contributed by atoms with Crippen molar-refractivity contribution in [1.29, 1.82) is 0 Å². The van der Waals surface area contributed by atoms with E-state index in [0.29, 0.717) is 17.3 Å². The number of halogens is 1. The lowest BCUT2D eigenvalue weighted by Gasteiger charge is -2.20. The van der Waals surface area contributed by atoms with Crippen LogP contribution < -0.4 is 4.90 Å². The Hall–Kier alpha value is -2.31. The Bertz CT molecular complexity index is 756. The van der Waals surface area contributed by atoms with Gasteiger partial charge < -0.3 is 19.1 Å². The number of benzene rings is 1. The molecule has 1 N–H and O–H groups in total. The standard InChI is InChI=1S/C19H24ClN3O3/c1-21(2)18(24)12-22(3)13-19(25)23(4)11-16-9-10-17(26-16)14-5-7-15(20)8-6-14/h5-10H,11-13H2,1-4H3/p+1. The molecule has 0 radical (unpaired) electrons. The summed E-state index contributed by atoms with van der Waals surface area (Å²) >= 11 is 5.90. The number of hydrogen-bond acceptors (Lipinski definition) is 3. The summed E-state index contributed by atoms with van der Waals surface area (Å²) in [6.07, 6.45) is 0. The molecule has 1 atom stereocenters. The van der Waals surface area contributed by atoms with E-state index in [2.05, 4.69) is 0 Å². The summed E-state index contributed by atoms with van der Waals surface area (Å²) < 4.78 is 5.83. The van der Waals surface area contributed by atoms with Crippen molar-refractivity contribution in [3.63, 3.8) is 0 Å². The van der Waals surface area contributed by atoms with Gasteiger partial charge in [0, 0.05) is 31.7 Å². The van der Waals surface area contributed by atoms with Crippen LogP contribution in [0.25, 0.3) is 11.3 Å². The molecule has 1 heterocycles. The number of quaternary nitrogens is 1. The lowest BCUT2D eigenvalue weighted by Crippen LogP contribution is -3.11. The van der Waals surface area contributed by atoms with Crippen molar-refractivity contribution in [3.05, 3.63) is 47.2 Å². The van der Waals surface area contributed by atoms with Crippen molar-refractivity contribution >= 4 is 23.4 Å². The van der Waals surface area contributed by atoms with Crippen LogP contribution in [-0.4, -0.2) is 62.9 Å². The normalized spacial score (nSPS) is 11.9. The van der Waals surface area contributed by atoms with E-state index in [9.17, 15) is 9.59 Å². The lowest BCUT2D eigenvalue weighted by molar-refractivity contribution is -0.863. The Kier molecular flexibility index (Phi) is 6.83. The van der Waals surface area contributed by atoms with Crippen molar-refractivity contribution in [2.24, 2.45) is 0 Å². The third-order valence-corrected chi connectivity index (χ3v) is 4.27. The van der Waals surface area contributed by atoms with Gasteiger partial charge in [0.2, 0.25) is 0 Å². The van der Waals surface area contributed by atoms with E-state index in [4.69, 9.17) is 16.0 Å². The van der Waals surface area contributed by atoms with Gasteiger partial charge in [-0.1, -0.05) is 11.6 Å². The summed E-state index contributed by atoms with van der Waals surface area (Å²) in [5.74, 6) is 1.39. The van der Waals surface area contributed by atoms with E-state index in [-0.39, 0.29) is 24.9 Å². The molecule has 2 aromatic rings. The Balaban J connectivity index is 1.91. The summed E-state index contributed by atoms with van der Waals surface area (Å²) in [6, 6.07) is 11.1. The second-order valence-electron chi connectivity index (χ2n) is 6.62. The summed E-state index contributed by atoms with van der Waals surface area (Å²) in [7, 11) is 6.98. The number of nitrogens with zero attached hydrogens (tertiary/aromatic N) is 2. The number of furan rings is 1. The quantitative estimate of drug-likeness (QED) is 0.786. The van der Waals surface area contributed by atoms with Gasteiger partial charge in [-0.3, -0.25) is 9.59 Å². The number of carbonyl (C=O) groups is 2. The van der Waals surface area contributed by atoms with Crippen LogP contribution in [0.4, 0.5) is 0 Å². The maximum atomic E-state index is 12.3. The molecular formula is C19H25ClN3O3+. The van der Waals surface area contributed by atoms with Gasteiger partial charge in [-0.15, -0.1) is 0 Å². The minimum absolute atomic E-state index is 0.00315. The van der Waals surface area contributed by atoms with Gasteiger partial charge >= 0.3 is 0 Å². The molecule has 0 saturated heterocycles. The second kappa shape index (κ2) is 8.87. The molecule has 0 saturated carbocycles. The van der Waals surface area contributed by atoms with Crippen molar-refractivity contribution in [1.82, 2.24) is 9.80 Å². The Morgan fingerprint density at radius 3 is 2.23 bits per heavy atom. The first kappa shape index (κ1) is 20.0. The highest BCUT2D eigenvalue weighted by Gasteiger charge is 2.19. The summed E-state index contributed by atoms with van der Waals surface area (Å²) in [4.78, 5) is 28.0. The number of nitrogens with one attached hydrogen (secondary N) is 1. The van der Waals surface area contributed by atoms with Crippen LogP contribution >= 0.6 is 11.6 Å². The zero-order chi connectivity index (χ0) is 19.3. The molecule has 0 aliphatic rings. The molecule has 7 heteroatoms. The van der Waals surface area contributed by atoms with Gasteiger partial charge in [0.05, 0.1) is 13.6 Å². The van der Waals surface area contributed by atoms with Gasteiger partial charge in [-0.25, -0.2) is 0 Å². The van der Waals surface area contributed by atoms with Crippen LogP contribution in [0.2, 0.25) is 5.02 Å². The topological polar surface area (TPSA) is 58.2 Å². The number of amides is 2. The number of hydrogen-bond donors (Lipinski definition) is 1. The van der Waals surface area contributed by atoms with Crippen molar-refractivity contribution < 1.29 is 18.9 Å². The minimum atomic E-state index is -0.0431. The largest absolute Gasteiger partial charge is 0.459 e. The van der Waals surface area contributed by atoms with Crippen LogP contribution in [0, 0.1) is 0 Å². The van der Waals surface area contributed by atoms with Crippen LogP contribution in [0.3, 0.4) is 0 Å². The van der Waals surface area contributed by atoms with E-state index in [1.165, 1.54) is 4.90 Å². The number of carbonyl (C=O) groups excluding carboxylic acids is 2. The zero-order valence-corrected chi connectivity index (χ0v) is 16.3. The van der Waals surface area contributed by atoms with Crippen molar-refractivity contribution in [3.8, 4) is 11.3 Å².